The molecule has 0 fully saturated rings. The molecule has 0 saturated heterocycles. The Kier molecular flexibility index (Phi) is 3.70. The normalized spacial score (nSPS) is 15.5. The first-order valence-corrected chi connectivity index (χ1v) is 8.92. The van der Waals surface area contributed by atoms with Crippen LogP contribution in [0.1, 0.15) is 31.8 Å². The molecular formula is C22H11F3N2O3. The Bertz CT molecular complexity index is 1260. The minimum absolute atomic E-state index is 0.0754. The molecule has 148 valence electrons. The topological polar surface area (TPSA) is 68.1 Å². The van der Waals surface area contributed by atoms with Crippen molar-refractivity contribution in [2.24, 2.45) is 10.2 Å². The van der Waals surface area contributed by atoms with E-state index in [2.05, 4.69) is 10.2 Å². The Morgan fingerprint density at radius 2 is 1.53 bits per heavy atom. The highest BCUT2D eigenvalue weighted by molar-refractivity contribution is 6.22. The fourth-order valence-electron chi connectivity index (χ4n) is 3.54. The van der Waals surface area contributed by atoms with Crippen LogP contribution in [0.3, 0.4) is 0 Å². The van der Waals surface area contributed by atoms with Crippen molar-refractivity contribution in [2.75, 3.05) is 0 Å². The van der Waals surface area contributed by atoms with E-state index in [1.54, 1.807) is 18.2 Å². The van der Waals surface area contributed by atoms with Gasteiger partial charge in [0.15, 0.2) is 5.78 Å². The third kappa shape index (κ3) is 2.64. The summed E-state index contributed by atoms with van der Waals surface area (Å²) < 4.78 is 44.8. The Morgan fingerprint density at radius 3 is 2.23 bits per heavy atom. The van der Waals surface area contributed by atoms with E-state index >= 15 is 0 Å². The van der Waals surface area contributed by atoms with Gasteiger partial charge in [-0.1, -0.05) is 42.5 Å². The molecule has 30 heavy (non-hydrogen) atoms. The monoisotopic (exact) mass is 408 g/mol. The lowest BCUT2D eigenvalue weighted by Gasteiger charge is -2.15. The van der Waals surface area contributed by atoms with Gasteiger partial charge in [0.05, 0.1) is 5.56 Å². The fourth-order valence-corrected chi connectivity index (χ4v) is 3.54. The maximum Gasteiger partial charge on any atom is 0.442 e. The molecule has 0 N–H and O–H groups in total. The number of benzene rings is 3. The minimum atomic E-state index is -4.68. The van der Waals surface area contributed by atoms with Crippen LogP contribution in [-0.4, -0.2) is 17.9 Å². The van der Waals surface area contributed by atoms with E-state index in [9.17, 15) is 22.8 Å². The number of ether oxygens (including phenoxy) is 1. The van der Waals surface area contributed by atoms with Gasteiger partial charge in [0.1, 0.15) is 5.75 Å². The summed E-state index contributed by atoms with van der Waals surface area (Å²) in [7, 11) is 0. The van der Waals surface area contributed by atoms with Crippen molar-refractivity contribution in [3.05, 3.63) is 89.0 Å². The minimum Gasteiger partial charge on any atom is -0.423 e. The number of hydrogen-bond acceptors (Lipinski definition) is 5. The number of rotatable bonds is 3. The van der Waals surface area contributed by atoms with Gasteiger partial charge in [-0.05, 0) is 35.4 Å². The van der Waals surface area contributed by atoms with E-state index in [0.29, 0.717) is 11.1 Å². The molecule has 1 aliphatic carbocycles. The van der Waals surface area contributed by atoms with Gasteiger partial charge in [0.25, 0.3) is 0 Å². The Balaban J connectivity index is 1.41. The molecule has 0 radical (unpaired) electrons. The largest absolute Gasteiger partial charge is 0.442 e. The number of hydrogen-bond donors (Lipinski definition) is 0. The average molecular weight is 408 g/mol. The highest BCUT2D eigenvalue weighted by Crippen LogP contribution is 2.52. The smallest absolute Gasteiger partial charge is 0.423 e. The Hall–Kier alpha value is -3.81. The molecule has 0 aromatic heterocycles. The molecular weight excluding hydrogens is 397 g/mol. The first-order valence-electron chi connectivity index (χ1n) is 8.92. The zero-order valence-electron chi connectivity index (χ0n) is 15.1. The van der Waals surface area contributed by atoms with E-state index in [1.165, 1.54) is 30.3 Å². The molecule has 3 aromatic rings. The fraction of sp³-hybridized carbons (Fsp3) is 0.0909. The summed E-state index contributed by atoms with van der Waals surface area (Å²) in [5, 5.41) is 6.29. The van der Waals surface area contributed by atoms with Crippen molar-refractivity contribution in [2.45, 2.75) is 11.8 Å². The van der Waals surface area contributed by atoms with Gasteiger partial charge >= 0.3 is 17.8 Å². The van der Waals surface area contributed by atoms with E-state index in [4.69, 9.17) is 4.74 Å². The van der Waals surface area contributed by atoms with Crippen LogP contribution in [0, 0.1) is 0 Å². The SMILES string of the molecule is O=C(Oc1cccc(C2(C(F)(F)F)N=N2)c1)c1ccc2c(c1)C(=O)c1ccccc1-2. The highest BCUT2D eigenvalue weighted by Gasteiger charge is 2.65. The summed E-state index contributed by atoms with van der Waals surface area (Å²) in [6.45, 7) is 0. The molecule has 2 aliphatic rings. The molecule has 5 rings (SSSR count). The van der Waals surface area contributed by atoms with E-state index < -0.39 is 17.8 Å². The molecule has 5 nitrogen and oxygen atoms in total. The third-order valence-electron chi connectivity index (χ3n) is 5.10. The lowest BCUT2D eigenvalue weighted by molar-refractivity contribution is -0.166. The van der Waals surface area contributed by atoms with Crippen LogP contribution >= 0.6 is 0 Å². The van der Waals surface area contributed by atoms with E-state index in [1.807, 2.05) is 12.1 Å². The second-order valence-corrected chi connectivity index (χ2v) is 6.92. The van der Waals surface area contributed by atoms with Crippen LogP contribution < -0.4 is 4.74 Å². The molecule has 8 heteroatoms. The van der Waals surface area contributed by atoms with E-state index in [0.717, 1.165) is 17.2 Å². The van der Waals surface area contributed by atoms with Crippen molar-refractivity contribution in [1.29, 1.82) is 0 Å². The van der Waals surface area contributed by atoms with Crippen molar-refractivity contribution in [1.82, 2.24) is 0 Å². The zero-order valence-corrected chi connectivity index (χ0v) is 15.1. The number of carbonyl (C=O) groups is 2. The van der Waals surface area contributed by atoms with Crippen LogP contribution in [0.5, 0.6) is 5.75 Å². The summed E-state index contributed by atoms with van der Waals surface area (Å²) in [5.74, 6) is -1.06. The number of alkyl halides is 3. The first-order chi connectivity index (χ1) is 14.3. The Labute approximate surface area is 167 Å². The van der Waals surface area contributed by atoms with Gasteiger partial charge in [0, 0.05) is 16.7 Å². The number of esters is 1. The molecule has 1 heterocycles. The van der Waals surface area contributed by atoms with Gasteiger partial charge in [-0.25, -0.2) is 4.79 Å². The molecule has 0 amide bonds. The second kappa shape index (κ2) is 6.09. The molecule has 0 unspecified atom stereocenters. The number of carbonyl (C=O) groups excluding carboxylic acids is 2. The first kappa shape index (κ1) is 18.2. The molecule has 1 aliphatic heterocycles. The maximum atomic E-state index is 13.2. The van der Waals surface area contributed by atoms with Crippen molar-refractivity contribution < 1.29 is 27.5 Å². The zero-order chi connectivity index (χ0) is 21.1. The number of halogens is 3. The van der Waals surface area contributed by atoms with Crippen LogP contribution in [0.4, 0.5) is 13.2 Å². The van der Waals surface area contributed by atoms with Gasteiger partial charge < -0.3 is 4.74 Å². The predicted molar refractivity (Wildman–Crippen MR) is 99.3 cm³/mol. The molecule has 3 aromatic carbocycles. The van der Waals surface area contributed by atoms with Crippen LogP contribution in [0.2, 0.25) is 0 Å². The highest BCUT2D eigenvalue weighted by atomic mass is 19.4. The lowest BCUT2D eigenvalue weighted by atomic mass is 10.0. The lowest BCUT2D eigenvalue weighted by Crippen LogP contribution is -2.30. The van der Waals surface area contributed by atoms with Gasteiger partial charge in [-0.15, -0.1) is 10.2 Å². The summed E-state index contributed by atoms with van der Waals surface area (Å²) in [6, 6.07) is 16.7. The standard InChI is InChI=1S/C22H11F3N2O3/c23-22(24,25)21(26-27-21)13-4-3-5-14(11-13)30-20(29)12-8-9-16-15-6-1-2-7-17(15)19(28)18(16)10-12/h1-11H. The van der Waals surface area contributed by atoms with Gasteiger partial charge in [-0.3, -0.25) is 4.79 Å². The number of nitrogens with zero attached hydrogens (tertiary/aromatic N) is 2. The molecule has 0 atom stereocenters. The van der Waals surface area contributed by atoms with Crippen molar-refractivity contribution >= 4 is 11.8 Å². The number of fused-ring (bicyclic) bond motifs is 3. The summed E-state index contributed by atoms with van der Waals surface area (Å²) in [5.41, 5.74) is -0.267. The van der Waals surface area contributed by atoms with Crippen molar-refractivity contribution in [3.63, 3.8) is 0 Å². The Morgan fingerprint density at radius 1 is 0.833 bits per heavy atom. The number of ketones is 1. The van der Waals surface area contributed by atoms with Gasteiger partial charge in [-0.2, -0.15) is 13.2 Å². The van der Waals surface area contributed by atoms with Crippen LogP contribution in [0.15, 0.2) is 77.0 Å². The maximum absolute atomic E-state index is 13.2. The summed E-state index contributed by atoms with van der Waals surface area (Å²) >= 11 is 0. The summed E-state index contributed by atoms with van der Waals surface area (Å²) in [6.07, 6.45) is -4.68. The molecule has 0 saturated carbocycles. The van der Waals surface area contributed by atoms with E-state index in [-0.39, 0.29) is 22.7 Å². The van der Waals surface area contributed by atoms with Gasteiger partial charge in [0.2, 0.25) is 0 Å². The summed E-state index contributed by atoms with van der Waals surface area (Å²) in [4.78, 5) is 25.2. The van der Waals surface area contributed by atoms with Crippen molar-refractivity contribution in [3.8, 4) is 16.9 Å². The van der Waals surface area contributed by atoms with Crippen LogP contribution in [0.25, 0.3) is 11.1 Å². The molecule has 0 bridgehead atoms. The average Bonchev–Trinajstić information content (AvgIpc) is 3.51. The van der Waals surface area contributed by atoms with Crippen LogP contribution in [-0.2, 0) is 5.66 Å². The second-order valence-electron chi connectivity index (χ2n) is 6.92. The quantitative estimate of drug-likeness (QED) is 0.341. The third-order valence-corrected chi connectivity index (χ3v) is 5.10. The molecule has 0 spiro atoms. The predicted octanol–water partition coefficient (Wildman–Crippen LogP) is 5.30.